The number of carbonyl (C=O) groups is 2. The first-order valence-corrected chi connectivity index (χ1v) is 7.72. The van der Waals surface area contributed by atoms with Crippen LogP contribution in [-0.4, -0.2) is 39.8 Å². The van der Waals surface area contributed by atoms with E-state index in [1.165, 1.54) is 11.8 Å². The van der Waals surface area contributed by atoms with Gasteiger partial charge in [-0.25, -0.2) is 4.79 Å². The van der Waals surface area contributed by atoms with Crippen LogP contribution in [0.15, 0.2) is 9.82 Å². The third-order valence-electron chi connectivity index (χ3n) is 2.97. The Balaban J connectivity index is 2.72. The lowest BCUT2D eigenvalue weighted by atomic mass is 10.1. The number of hydrogen-bond donors (Lipinski definition) is 3. The van der Waals surface area contributed by atoms with Gasteiger partial charge in [-0.3, -0.25) is 9.59 Å². The molecule has 0 spiro atoms. The van der Waals surface area contributed by atoms with E-state index >= 15 is 0 Å². The third kappa shape index (κ3) is 5.22. The predicted octanol–water partition coefficient (Wildman–Crippen LogP) is 1.03. The first kappa shape index (κ1) is 17.2. The summed E-state index contributed by atoms with van der Waals surface area (Å²) >= 11 is 1.23. The van der Waals surface area contributed by atoms with Crippen molar-refractivity contribution < 1.29 is 14.7 Å². The van der Waals surface area contributed by atoms with Gasteiger partial charge in [-0.15, -0.1) is 11.8 Å². The number of aromatic nitrogens is 2. The van der Waals surface area contributed by atoms with Crippen LogP contribution in [0.1, 0.15) is 35.8 Å². The zero-order chi connectivity index (χ0) is 16.0. The molecule has 1 aromatic heterocycles. The SMILES string of the molecule is CSc1nc(=O)[nH]c(C)c1C(=O)NCC(C)CCC(=O)O. The summed E-state index contributed by atoms with van der Waals surface area (Å²) in [5.74, 6) is -1.11. The van der Waals surface area contributed by atoms with Crippen molar-refractivity contribution in [2.75, 3.05) is 12.8 Å². The number of aromatic amines is 1. The van der Waals surface area contributed by atoms with E-state index in [4.69, 9.17) is 5.11 Å². The highest BCUT2D eigenvalue weighted by atomic mass is 32.2. The van der Waals surface area contributed by atoms with Gasteiger partial charge in [0.1, 0.15) is 5.03 Å². The summed E-state index contributed by atoms with van der Waals surface area (Å²) in [6.07, 6.45) is 2.31. The lowest BCUT2D eigenvalue weighted by Crippen LogP contribution is -2.31. The number of carbonyl (C=O) groups excluding carboxylic acids is 1. The molecule has 1 amide bonds. The number of carboxylic acids is 1. The molecule has 1 unspecified atom stereocenters. The van der Waals surface area contributed by atoms with Gasteiger partial charge in [0, 0.05) is 18.7 Å². The van der Waals surface area contributed by atoms with Gasteiger partial charge in [-0.2, -0.15) is 4.98 Å². The molecule has 3 N–H and O–H groups in total. The van der Waals surface area contributed by atoms with Gasteiger partial charge in [0.05, 0.1) is 5.56 Å². The minimum Gasteiger partial charge on any atom is -0.481 e. The molecule has 1 rings (SSSR count). The second kappa shape index (κ2) is 7.82. The van der Waals surface area contributed by atoms with E-state index in [0.29, 0.717) is 29.2 Å². The molecule has 8 heteroatoms. The maximum Gasteiger partial charge on any atom is 0.346 e. The number of nitrogens with zero attached hydrogens (tertiary/aromatic N) is 1. The fourth-order valence-electron chi connectivity index (χ4n) is 1.80. The minimum atomic E-state index is -0.849. The highest BCUT2D eigenvalue weighted by molar-refractivity contribution is 7.98. The van der Waals surface area contributed by atoms with E-state index in [1.54, 1.807) is 13.2 Å². The van der Waals surface area contributed by atoms with E-state index < -0.39 is 11.7 Å². The van der Waals surface area contributed by atoms with Crippen molar-refractivity contribution in [2.24, 2.45) is 5.92 Å². The first-order chi connectivity index (χ1) is 9.85. The molecular formula is C13H19N3O4S. The van der Waals surface area contributed by atoms with Crippen LogP contribution in [0.4, 0.5) is 0 Å². The van der Waals surface area contributed by atoms with E-state index in [2.05, 4.69) is 15.3 Å². The molecule has 21 heavy (non-hydrogen) atoms. The van der Waals surface area contributed by atoms with Crippen LogP contribution >= 0.6 is 11.8 Å². The van der Waals surface area contributed by atoms with Crippen molar-refractivity contribution in [3.8, 4) is 0 Å². The molecule has 1 atom stereocenters. The summed E-state index contributed by atoms with van der Waals surface area (Å²) in [6.45, 7) is 3.89. The molecule has 0 radical (unpaired) electrons. The van der Waals surface area contributed by atoms with Gasteiger partial charge >= 0.3 is 11.7 Å². The zero-order valence-corrected chi connectivity index (χ0v) is 13.0. The topological polar surface area (TPSA) is 112 Å². The number of rotatable bonds is 7. The molecule has 116 valence electrons. The second-order valence-corrected chi connectivity index (χ2v) is 5.59. The van der Waals surface area contributed by atoms with Crippen molar-refractivity contribution >= 4 is 23.6 Å². The largest absolute Gasteiger partial charge is 0.481 e. The van der Waals surface area contributed by atoms with Crippen molar-refractivity contribution in [1.29, 1.82) is 0 Å². The summed E-state index contributed by atoms with van der Waals surface area (Å²) < 4.78 is 0. The number of hydrogen-bond acceptors (Lipinski definition) is 5. The lowest BCUT2D eigenvalue weighted by Gasteiger charge is -2.13. The number of aliphatic carboxylic acids is 1. The Morgan fingerprint density at radius 1 is 1.48 bits per heavy atom. The Labute approximate surface area is 126 Å². The van der Waals surface area contributed by atoms with Crippen molar-refractivity contribution in [2.45, 2.75) is 31.7 Å². The van der Waals surface area contributed by atoms with Crippen LogP contribution in [0, 0.1) is 12.8 Å². The number of carboxylic acid groups (broad SMARTS) is 1. The highest BCUT2D eigenvalue weighted by Gasteiger charge is 2.17. The number of H-pyrrole nitrogens is 1. The lowest BCUT2D eigenvalue weighted by molar-refractivity contribution is -0.137. The molecule has 7 nitrogen and oxygen atoms in total. The van der Waals surface area contributed by atoms with Crippen LogP contribution in [0.5, 0.6) is 0 Å². The average Bonchev–Trinajstić information content (AvgIpc) is 2.41. The van der Waals surface area contributed by atoms with Crippen LogP contribution < -0.4 is 11.0 Å². The Kier molecular flexibility index (Phi) is 6.41. The van der Waals surface area contributed by atoms with Crippen molar-refractivity contribution in [3.05, 3.63) is 21.7 Å². The van der Waals surface area contributed by atoms with Crippen molar-refractivity contribution in [1.82, 2.24) is 15.3 Å². The molecule has 0 aliphatic heterocycles. The van der Waals surface area contributed by atoms with Gasteiger partial charge in [-0.1, -0.05) is 6.92 Å². The summed E-state index contributed by atoms with van der Waals surface area (Å²) in [7, 11) is 0. The Morgan fingerprint density at radius 2 is 2.14 bits per heavy atom. The Morgan fingerprint density at radius 3 is 2.71 bits per heavy atom. The molecule has 1 aromatic rings. The molecule has 0 aliphatic rings. The van der Waals surface area contributed by atoms with E-state index in [-0.39, 0.29) is 18.2 Å². The van der Waals surface area contributed by atoms with Gasteiger partial charge in [0.15, 0.2) is 0 Å². The minimum absolute atomic E-state index is 0.0545. The molecular weight excluding hydrogens is 294 g/mol. The van der Waals surface area contributed by atoms with Crippen LogP contribution in [0.25, 0.3) is 0 Å². The third-order valence-corrected chi connectivity index (χ3v) is 3.65. The maximum atomic E-state index is 12.2. The molecule has 0 saturated heterocycles. The number of amides is 1. The molecule has 0 aliphatic carbocycles. The quantitative estimate of drug-likeness (QED) is 0.512. The summed E-state index contributed by atoms with van der Waals surface area (Å²) in [5.41, 5.74) is 0.339. The summed E-state index contributed by atoms with van der Waals surface area (Å²) in [4.78, 5) is 40.3. The van der Waals surface area contributed by atoms with Crippen LogP contribution in [-0.2, 0) is 4.79 Å². The monoisotopic (exact) mass is 313 g/mol. The number of nitrogens with one attached hydrogen (secondary N) is 2. The van der Waals surface area contributed by atoms with Gasteiger partial charge in [0.25, 0.3) is 5.91 Å². The van der Waals surface area contributed by atoms with Gasteiger partial charge in [0.2, 0.25) is 0 Å². The normalized spacial score (nSPS) is 12.0. The molecule has 0 saturated carbocycles. The average molecular weight is 313 g/mol. The molecule has 0 fully saturated rings. The fourth-order valence-corrected chi connectivity index (χ4v) is 2.43. The summed E-state index contributed by atoms with van der Waals surface area (Å²) in [6, 6.07) is 0. The molecule has 1 heterocycles. The highest BCUT2D eigenvalue weighted by Crippen LogP contribution is 2.18. The first-order valence-electron chi connectivity index (χ1n) is 6.50. The Bertz CT molecular complexity index is 585. The fraction of sp³-hybridized carbons (Fsp3) is 0.538. The second-order valence-electron chi connectivity index (χ2n) is 4.80. The standard InChI is InChI=1S/C13H19N3O4S/c1-7(4-5-9(17)18)6-14-11(19)10-8(2)15-13(20)16-12(10)21-3/h7H,4-6H2,1-3H3,(H,14,19)(H,17,18)(H,15,16,20). The smallest absolute Gasteiger partial charge is 0.346 e. The summed E-state index contributed by atoms with van der Waals surface area (Å²) in [5, 5.41) is 11.7. The van der Waals surface area contributed by atoms with Crippen LogP contribution in [0.2, 0.25) is 0 Å². The maximum absolute atomic E-state index is 12.2. The van der Waals surface area contributed by atoms with E-state index in [0.717, 1.165) is 0 Å². The van der Waals surface area contributed by atoms with Crippen molar-refractivity contribution in [3.63, 3.8) is 0 Å². The number of aryl methyl sites for hydroxylation is 1. The van der Waals surface area contributed by atoms with Gasteiger partial charge in [-0.05, 0) is 25.5 Å². The number of thioether (sulfide) groups is 1. The van der Waals surface area contributed by atoms with Crippen LogP contribution in [0.3, 0.4) is 0 Å². The molecule has 0 aromatic carbocycles. The zero-order valence-electron chi connectivity index (χ0n) is 12.2. The van der Waals surface area contributed by atoms with Gasteiger partial charge < -0.3 is 15.4 Å². The Hall–Kier alpha value is -1.83. The predicted molar refractivity (Wildman–Crippen MR) is 79.7 cm³/mol. The van der Waals surface area contributed by atoms with E-state index in [1.807, 2.05) is 6.92 Å². The molecule has 0 bridgehead atoms. The van der Waals surface area contributed by atoms with E-state index in [9.17, 15) is 14.4 Å².